The van der Waals surface area contributed by atoms with Crippen LogP contribution in [0.1, 0.15) is 2.85 Å². The number of carbonyl (C=O) groups is 1. The zero-order valence-corrected chi connectivity index (χ0v) is 8.93. The molecule has 0 fully saturated rings. The molecule has 0 radical (unpaired) electrons. The van der Waals surface area contributed by atoms with Crippen molar-refractivity contribution in [1.29, 1.82) is 0 Å². The Morgan fingerprint density at radius 3 is 2.00 bits per heavy atom. The molecule has 6 heteroatoms. The Morgan fingerprint density at radius 2 is 2.00 bits per heavy atom. The quantitative estimate of drug-likeness (QED) is 0.389. The van der Waals surface area contributed by atoms with Gasteiger partial charge in [-0.2, -0.15) is 5.90 Å². The van der Waals surface area contributed by atoms with Crippen molar-refractivity contribution in [2.75, 3.05) is 0 Å². The molecule has 3 N–H and O–H groups in total. The second-order valence-electron chi connectivity index (χ2n) is 0.384. The Labute approximate surface area is 86.1 Å². The first kappa shape index (κ1) is 15.7. The van der Waals surface area contributed by atoms with Gasteiger partial charge >= 0.3 is 43.9 Å². The van der Waals surface area contributed by atoms with E-state index in [9.17, 15) is 0 Å². The molecule has 0 unspecified atom stereocenters. The average molecular weight is 185 g/mol. The van der Waals surface area contributed by atoms with Crippen LogP contribution in [0.15, 0.2) is 0 Å². The maximum atomic E-state index is 9.02. The Kier molecular flexibility index (Phi) is 22.8. The minimum atomic E-state index is -1.47. The summed E-state index contributed by atoms with van der Waals surface area (Å²) >= 11 is 0. The van der Waals surface area contributed by atoms with E-state index in [1.807, 2.05) is 0 Å². The number of rotatable bonds is 0. The molecule has 0 aliphatic carbocycles. The first-order valence-electron chi connectivity index (χ1n) is 0.868. The van der Waals surface area contributed by atoms with Gasteiger partial charge in [-0.05, 0) is 0 Å². The molecule has 0 spiro atoms. The number of nitrogens with two attached hydrogens (primary N) is 1. The van der Waals surface area contributed by atoms with E-state index >= 15 is 0 Å². The van der Waals surface area contributed by atoms with E-state index < -0.39 is 6.16 Å². The van der Waals surface area contributed by atoms with Gasteiger partial charge in [0.1, 0.15) is 0 Å². The summed E-state index contributed by atoms with van der Waals surface area (Å²) in [6, 6.07) is 0. The van der Waals surface area contributed by atoms with Crippen molar-refractivity contribution in [2.45, 2.75) is 0 Å². The van der Waals surface area contributed by atoms with E-state index in [-0.39, 0.29) is 60.1 Å². The van der Waals surface area contributed by atoms with E-state index in [1.54, 1.807) is 0 Å². The van der Waals surface area contributed by atoms with Crippen molar-refractivity contribution < 1.29 is 37.1 Å². The molecule has 0 aliphatic rings. The second-order valence-corrected chi connectivity index (χ2v) is 0.384. The summed E-state index contributed by atoms with van der Waals surface area (Å²) in [6.45, 7) is 0. The number of hydrogen-bond acceptors (Lipinski definition) is 3. The van der Waals surface area contributed by atoms with E-state index in [0.29, 0.717) is 0 Å². The summed E-state index contributed by atoms with van der Waals surface area (Å²) in [5, 5.41) is 7.38. The van der Waals surface area contributed by atoms with E-state index in [2.05, 4.69) is 10.7 Å². The summed E-state index contributed by atoms with van der Waals surface area (Å²) in [7, 11) is 0. The van der Waals surface area contributed by atoms with Gasteiger partial charge < -0.3 is 12.8 Å². The van der Waals surface area contributed by atoms with E-state index in [4.69, 9.17) is 9.90 Å². The molecule has 0 rings (SSSR count). The molecule has 0 aromatic heterocycles. The molecule has 0 aromatic carbocycles. The maximum absolute atomic E-state index is 9.02. The molecule has 0 saturated carbocycles. The molecular weight excluding hydrogens is 179 g/mol. The molecular formula is CH5CaNO3Zn. The smallest absolute Gasteiger partial charge is 1.00 e. The monoisotopic (exact) mass is 183 g/mol. The Morgan fingerprint density at radius 1 is 1.86 bits per heavy atom. The van der Waals surface area contributed by atoms with E-state index in [1.165, 1.54) is 0 Å². The topological polar surface area (TPSA) is 72.5 Å². The Bertz CT molecular complexity index is 57.1. The summed E-state index contributed by atoms with van der Waals surface area (Å²) in [5.74, 6) is 4.07. The molecule has 7 heavy (non-hydrogen) atoms. The fourth-order valence-electron chi connectivity index (χ4n) is 0. The average Bonchev–Trinajstić information content (AvgIpc) is 1.38. The van der Waals surface area contributed by atoms with Crippen LogP contribution in [0.25, 0.3) is 0 Å². The molecule has 0 atom stereocenters. The summed E-state index contributed by atoms with van der Waals surface area (Å²) in [6.07, 6.45) is -1.47. The molecule has 0 bridgehead atoms. The van der Waals surface area contributed by atoms with Crippen molar-refractivity contribution in [3.63, 3.8) is 0 Å². The van der Waals surface area contributed by atoms with Crippen LogP contribution in [0.4, 0.5) is 4.79 Å². The third-order valence-corrected chi connectivity index (χ3v) is 0.101. The van der Waals surface area contributed by atoms with Crippen molar-refractivity contribution >= 4 is 43.9 Å². The maximum Gasteiger partial charge on any atom is 2.00 e. The van der Waals surface area contributed by atoms with Gasteiger partial charge in [0.2, 0.25) is 0 Å². The first-order valence-corrected chi connectivity index (χ1v) is 0.868. The molecule has 0 amide bonds. The third kappa shape index (κ3) is 19.2. The van der Waals surface area contributed by atoms with Gasteiger partial charge in [0, 0.05) is 19.5 Å². The minimum absolute atomic E-state index is 0. The van der Waals surface area contributed by atoms with Crippen molar-refractivity contribution in [2.24, 2.45) is 5.90 Å². The fourth-order valence-corrected chi connectivity index (χ4v) is 0. The van der Waals surface area contributed by atoms with Gasteiger partial charge in [0.15, 0.2) is 0 Å². The van der Waals surface area contributed by atoms with Crippen LogP contribution in [0.2, 0.25) is 0 Å². The summed E-state index contributed by atoms with van der Waals surface area (Å²) in [4.78, 5) is 12.2. The summed E-state index contributed by atoms with van der Waals surface area (Å²) in [5.41, 5.74) is 0. The van der Waals surface area contributed by atoms with Gasteiger partial charge in [0.25, 0.3) is 0 Å². The van der Waals surface area contributed by atoms with Gasteiger partial charge in [-0.15, -0.1) is 0 Å². The van der Waals surface area contributed by atoms with Crippen molar-refractivity contribution in [3.8, 4) is 0 Å². The first-order chi connectivity index (χ1) is 2.27. The van der Waals surface area contributed by atoms with Crippen LogP contribution >= 0.6 is 0 Å². The van der Waals surface area contributed by atoms with Gasteiger partial charge in [-0.25, -0.2) is 4.79 Å². The minimum Gasteiger partial charge on any atom is -1.00 e. The molecule has 36 valence electrons. The largest absolute Gasteiger partial charge is 2.00 e. The van der Waals surface area contributed by atoms with Crippen LogP contribution in [-0.2, 0) is 24.3 Å². The predicted octanol–water partition coefficient (Wildman–Crippen LogP) is -0.604. The van der Waals surface area contributed by atoms with Crippen LogP contribution < -0.4 is 5.90 Å². The molecule has 0 saturated heterocycles. The fraction of sp³-hybridized carbons (Fsp3) is 0. The molecule has 0 aliphatic heterocycles. The predicted molar refractivity (Wildman–Crippen MR) is 21.3 cm³/mol. The number of hydrogen-bond donors (Lipinski definition) is 2. The zero-order valence-electron chi connectivity index (χ0n) is 5.76. The van der Waals surface area contributed by atoms with Crippen LogP contribution in [-0.4, -0.2) is 49.0 Å². The van der Waals surface area contributed by atoms with Gasteiger partial charge in [-0.3, -0.25) is 0 Å². The van der Waals surface area contributed by atoms with Crippen molar-refractivity contribution in [3.05, 3.63) is 0 Å². The van der Waals surface area contributed by atoms with Gasteiger partial charge in [-0.1, -0.05) is 0 Å². The third-order valence-electron chi connectivity index (χ3n) is 0.101. The number of carboxylic acid groups (broad SMARTS) is 1. The SMILES string of the molecule is NOC(=O)O.[Ca+2].[H-].[H-].[Zn]. The van der Waals surface area contributed by atoms with Crippen LogP contribution in [0.5, 0.6) is 0 Å². The normalized spacial score (nSPS) is 4.71. The zero-order chi connectivity index (χ0) is 4.28. The standard InChI is InChI=1S/CH3NO3.Ca.Zn.2H/c2-5-1(3)4;;;;/h2H2,(H,3,4);;;;/q;+2;;2*-1. The van der Waals surface area contributed by atoms with Crippen molar-refractivity contribution in [1.82, 2.24) is 0 Å². The second kappa shape index (κ2) is 10.2. The van der Waals surface area contributed by atoms with E-state index in [0.717, 1.165) is 0 Å². The molecule has 4 nitrogen and oxygen atoms in total. The molecule has 0 aromatic rings. The van der Waals surface area contributed by atoms with Gasteiger partial charge in [0.05, 0.1) is 0 Å². The molecule has 0 heterocycles. The van der Waals surface area contributed by atoms with Crippen LogP contribution in [0, 0.1) is 0 Å². The van der Waals surface area contributed by atoms with Crippen LogP contribution in [0.3, 0.4) is 0 Å². The Balaban J connectivity index is -0.0000000133. The Hall–Kier alpha value is 1.11. The summed E-state index contributed by atoms with van der Waals surface area (Å²) < 4.78 is 0.